The number of carbonyl (C=O) groups excluding carboxylic acids is 2. The zero-order valence-electron chi connectivity index (χ0n) is 18.1. The molecule has 3 heterocycles. The first-order valence-corrected chi connectivity index (χ1v) is 12.4. The predicted octanol–water partition coefficient (Wildman–Crippen LogP) is 4.26. The zero-order chi connectivity index (χ0) is 23.5. The Morgan fingerprint density at radius 1 is 0.971 bits per heavy atom. The van der Waals surface area contributed by atoms with E-state index in [4.69, 9.17) is 10.2 Å². The molecule has 0 radical (unpaired) electrons. The molecule has 0 bridgehead atoms. The summed E-state index contributed by atoms with van der Waals surface area (Å²) >= 11 is 2.97. The number of nitrogens with two attached hydrogens (primary N) is 1. The molecule has 172 valence electrons. The van der Waals surface area contributed by atoms with Crippen LogP contribution in [-0.4, -0.2) is 32.3 Å². The van der Waals surface area contributed by atoms with E-state index in [-0.39, 0.29) is 18.1 Å². The van der Waals surface area contributed by atoms with Crippen molar-refractivity contribution >= 4 is 46.7 Å². The fourth-order valence-electron chi connectivity index (χ4n) is 3.73. The van der Waals surface area contributed by atoms with Crippen LogP contribution < -0.4 is 10.6 Å². The van der Waals surface area contributed by atoms with Gasteiger partial charge in [0.15, 0.2) is 5.16 Å². The highest BCUT2D eigenvalue weighted by molar-refractivity contribution is 8.00. The number of aromatic nitrogens is 3. The van der Waals surface area contributed by atoms with Crippen molar-refractivity contribution in [3.05, 3.63) is 78.5 Å². The van der Waals surface area contributed by atoms with Gasteiger partial charge >= 0.3 is 0 Å². The Labute approximate surface area is 204 Å². The highest BCUT2D eigenvalue weighted by Crippen LogP contribution is 2.48. The van der Waals surface area contributed by atoms with Crippen LogP contribution in [0.3, 0.4) is 0 Å². The fraction of sp³-hybridized carbons (Fsp3) is 0.167. The van der Waals surface area contributed by atoms with Crippen molar-refractivity contribution in [2.45, 2.75) is 34.3 Å². The van der Waals surface area contributed by atoms with Crippen molar-refractivity contribution in [2.24, 2.45) is 5.73 Å². The molecule has 0 spiro atoms. The molecule has 0 saturated heterocycles. The summed E-state index contributed by atoms with van der Waals surface area (Å²) in [5.41, 5.74) is 7.06. The van der Waals surface area contributed by atoms with Crippen molar-refractivity contribution < 1.29 is 14.0 Å². The smallest absolute Gasteiger partial charge is 0.242 e. The number of para-hydroxylation sites is 2. The maximum Gasteiger partial charge on any atom is 0.242 e. The van der Waals surface area contributed by atoms with E-state index in [1.165, 1.54) is 11.8 Å². The Balaban J connectivity index is 1.39. The average molecular weight is 492 g/mol. The minimum absolute atomic E-state index is 0.0589. The second kappa shape index (κ2) is 9.78. The van der Waals surface area contributed by atoms with Gasteiger partial charge in [-0.1, -0.05) is 47.8 Å². The van der Waals surface area contributed by atoms with E-state index in [0.29, 0.717) is 23.9 Å². The first-order chi connectivity index (χ1) is 16.6. The first kappa shape index (κ1) is 22.3. The van der Waals surface area contributed by atoms with Crippen LogP contribution in [0.5, 0.6) is 0 Å². The number of thioether (sulfide) groups is 1. The van der Waals surface area contributed by atoms with Crippen LogP contribution in [0.25, 0.3) is 0 Å². The molecule has 8 nitrogen and oxygen atoms in total. The summed E-state index contributed by atoms with van der Waals surface area (Å²) < 4.78 is 7.36. The standard InChI is InChI=1S/C24H21N5O3S2/c25-21(30)11-12-22-26-27-24(28(22)14-16-6-5-13-32-16)33-15-23(31)29-17-7-1-3-9-19(17)34-20-10-4-2-8-18(20)29/h1-10,13H,11-12,14-15H2,(H2,25,30). The van der Waals surface area contributed by atoms with Crippen LogP contribution in [0.4, 0.5) is 11.4 Å². The molecular weight excluding hydrogens is 470 g/mol. The largest absolute Gasteiger partial charge is 0.467 e. The molecule has 2 amide bonds. The fourth-order valence-corrected chi connectivity index (χ4v) is 5.59. The van der Waals surface area contributed by atoms with Gasteiger partial charge in [0.2, 0.25) is 11.8 Å². The number of fused-ring (bicyclic) bond motifs is 2. The van der Waals surface area contributed by atoms with Crippen LogP contribution in [0.15, 0.2) is 86.3 Å². The highest BCUT2D eigenvalue weighted by atomic mass is 32.2. The number of carbonyl (C=O) groups is 2. The highest BCUT2D eigenvalue weighted by Gasteiger charge is 2.28. The minimum atomic E-state index is -0.405. The number of rotatable bonds is 8. The number of anilines is 2. The van der Waals surface area contributed by atoms with Crippen LogP contribution in [0, 0.1) is 0 Å². The van der Waals surface area contributed by atoms with Gasteiger partial charge in [0, 0.05) is 22.6 Å². The molecule has 10 heteroatoms. The molecule has 2 aromatic heterocycles. The Bertz CT molecular complexity index is 1290. The van der Waals surface area contributed by atoms with Gasteiger partial charge in [0.25, 0.3) is 0 Å². The molecule has 0 saturated carbocycles. The van der Waals surface area contributed by atoms with Crippen molar-refractivity contribution in [2.75, 3.05) is 10.7 Å². The molecule has 0 fully saturated rings. The van der Waals surface area contributed by atoms with E-state index in [1.54, 1.807) is 22.9 Å². The lowest BCUT2D eigenvalue weighted by Crippen LogP contribution is -2.30. The summed E-state index contributed by atoms with van der Waals surface area (Å²) in [5.74, 6) is 1.05. The first-order valence-electron chi connectivity index (χ1n) is 10.6. The Morgan fingerprint density at radius 3 is 2.32 bits per heavy atom. The average Bonchev–Trinajstić information content (AvgIpc) is 3.50. The van der Waals surface area contributed by atoms with Crippen LogP contribution in [-0.2, 0) is 22.6 Å². The van der Waals surface area contributed by atoms with Gasteiger partial charge in [-0.05, 0) is 36.4 Å². The Morgan fingerprint density at radius 2 is 1.68 bits per heavy atom. The van der Waals surface area contributed by atoms with E-state index >= 15 is 0 Å². The van der Waals surface area contributed by atoms with Gasteiger partial charge in [0.05, 0.1) is 29.9 Å². The summed E-state index contributed by atoms with van der Waals surface area (Å²) in [6.45, 7) is 0.399. The molecule has 5 rings (SSSR count). The van der Waals surface area contributed by atoms with Gasteiger partial charge in [-0.25, -0.2) is 0 Å². The summed E-state index contributed by atoms with van der Waals surface area (Å²) in [6.07, 6.45) is 2.13. The number of hydrogen-bond acceptors (Lipinski definition) is 7. The molecular formula is C24H21N5O3S2. The second-order valence-electron chi connectivity index (χ2n) is 7.59. The van der Waals surface area contributed by atoms with Crippen LogP contribution in [0.1, 0.15) is 18.0 Å². The molecule has 2 N–H and O–H groups in total. The van der Waals surface area contributed by atoms with Gasteiger partial charge in [-0.2, -0.15) is 0 Å². The van der Waals surface area contributed by atoms with E-state index in [1.807, 2.05) is 65.2 Å². The second-order valence-corrected chi connectivity index (χ2v) is 9.61. The number of amides is 2. The van der Waals surface area contributed by atoms with Crippen molar-refractivity contribution in [1.82, 2.24) is 14.8 Å². The molecule has 0 unspecified atom stereocenters. The summed E-state index contributed by atoms with van der Waals surface area (Å²) in [4.78, 5) is 28.6. The normalized spacial score (nSPS) is 12.3. The minimum Gasteiger partial charge on any atom is -0.467 e. The number of furan rings is 1. The van der Waals surface area contributed by atoms with Crippen LogP contribution in [0.2, 0.25) is 0 Å². The zero-order valence-corrected chi connectivity index (χ0v) is 19.7. The number of benzene rings is 2. The Hall–Kier alpha value is -3.50. The summed E-state index contributed by atoms with van der Waals surface area (Å²) in [5, 5.41) is 9.11. The molecule has 2 aromatic carbocycles. The predicted molar refractivity (Wildman–Crippen MR) is 130 cm³/mol. The molecule has 4 aromatic rings. The lowest BCUT2D eigenvalue weighted by molar-refractivity contribution is -0.118. The topological polar surface area (TPSA) is 107 Å². The maximum absolute atomic E-state index is 13.5. The lowest BCUT2D eigenvalue weighted by atomic mass is 10.2. The molecule has 0 atom stereocenters. The quantitative estimate of drug-likeness (QED) is 0.367. The summed E-state index contributed by atoms with van der Waals surface area (Å²) in [6, 6.07) is 19.5. The third-order valence-electron chi connectivity index (χ3n) is 5.29. The number of primary amides is 1. The van der Waals surface area contributed by atoms with Crippen LogP contribution >= 0.6 is 23.5 Å². The Kier molecular flexibility index (Phi) is 6.41. The molecule has 1 aliphatic rings. The number of hydrogen-bond donors (Lipinski definition) is 1. The number of nitrogens with zero attached hydrogens (tertiary/aromatic N) is 4. The lowest BCUT2D eigenvalue weighted by Gasteiger charge is -2.30. The van der Waals surface area contributed by atoms with Gasteiger partial charge in [-0.3, -0.25) is 19.1 Å². The van der Waals surface area contributed by atoms with E-state index in [9.17, 15) is 9.59 Å². The monoisotopic (exact) mass is 491 g/mol. The third-order valence-corrected chi connectivity index (χ3v) is 7.37. The summed E-state index contributed by atoms with van der Waals surface area (Å²) in [7, 11) is 0. The molecule has 34 heavy (non-hydrogen) atoms. The number of aryl methyl sites for hydroxylation is 1. The van der Waals surface area contributed by atoms with Crippen molar-refractivity contribution in [1.29, 1.82) is 0 Å². The van der Waals surface area contributed by atoms with Crippen molar-refractivity contribution in [3.8, 4) is 0 Å². The SMILES string of the molecule is NC(=O)CCc1nnc(SCC(=O)N2c3ccccc3Sc3ccccc32)n1Cc1ccco1. The van der Waals surface area contributed by atoms with E-state index in [0.717, 1.165) is 26.9 Å². The van der Waals surface area contributed by atoms with Gasteiger partial charge < -0.3 is 10.2 Å². The van der Waals surface area contributed by atoms with E-state index < -0.39 is 5.91 Å². The van der Waals surface area contributed by atoms with Gasteiger partial charge in [0.1, 0.15) is 11.6 Å². The van der Waals surface area contributed by atoms with E-state index in [2.05, 4.69) is 10.2 Å². The third kappa shape index (κ3) is 4.59. The van der Waals surface area contributed by atoms with Gasteiger partial charge in [-0.15, -0.1) is 10.2 Å². The maximum atomic E-state index is 13.5. The molecule has 1 aliphatic heterocycles. The van der Waals surface area contributed by atoms with Crippen molar-refractivity contribution in [3.63, 3.8) is 0 Å². The molecule has 0 aliphatic carbocycles.